The van der Waals surface area contributed by atoms with Crippen LogP contribution in [0.25, 0.3) is 0 Å². The van der Waals surface area contributed by atoms with E-state index in [2.05, 4.69) is 13.8 Å². The van der Waals surface area contributed by atoms with Crippen LogP contribution in [0, 0.1) is 5.92 Å². The Hall–Kier alpha value is -1.06. The number of methoxy groups -OCH3 is 1. The predicted octanol–water partition coefficient (Wildman–Crippen LogP) is 2.61. The normalized spacial score (nSPS) is 12.0. The van der Waals surface area contributed by atoms with Crippen molar-refractivity contribution in [3.8, 4) is 0 Å². The van der Waals surface area contributed by atoms with Crippen LogP contribution in [0.2, 0.25) is 0 Å². The third-order valence-electron chi connectivity index (χ3n) is 2.98. The zero-order valence-electron chi connectivity index (χ0n) is 12.2. The number of hydrogen-bond donors (Lipinski definition) is 0. The third-order valence-corrected chi connectivity index (χ3v) is 2.98. The van der Waals surface area contributed by atoms with Crippen LogP contribution in [0.5, 0.6) is 0 Å². The quantitative estimate of drug-likeness (QED) is 0.596. The lowest BCUT2D eigenvalue weighted by atomic mass is 10.1. The van der Waals surface area contributed by atoms with Crippen molar-refractivity contribution in [1.29, 1.82) is 0 Å². The second-order valence-corrected chi connectivity index (χ2v) is 4.72. The van der Waals surface area contributed by atoms with E-state index in [1.165, 1.54) is 7.11 Å². The van der Waals surface area contributed by atoms with Gasteiger partial charge >= 0.3 is 5.97 Å². The molecule has 0 heterocycles. The number of amides is 1. The molecule has 0 aliphatic rings. The minimum atomic E-state index is -0.252. The topological polar surface area (TPSA) is 46.6 Å². The summed E-state index contributed by atoms with van der Waals surface area (Å²) >= 11 is 0. The maximum absolute atomic E-state index is 12.0. The second kappa shape index (κ2) is 9.92. The van der Waals surface area contributed by atoms with Crippen LogP contribution in [-0.2, 0) is 14.3 Å². The molecular formula is C14H27NO3. The summed E-state index contributed by atoms with van der Waals surface area (Å²) in [5.74, 6) is -0.349. The van der Waals surface area contributed by atoms with Crippen LogP contribution >= 0.6 is 0 Å². The highest BCUT2D eigenvalue weighted by atomic mass is 16.5. The lowest BCUT2D eigenvalue weighted by Crippen LogP contribution is -2.37. The molecule has 0 aromatic rings. The van der Waals surface area contributed by atoms with Crippen LogP contribution in [-0.4, -0.2) is 37.0 Å². The Bertz CT molecular complexity index is 253. The lowest BCUT2D eigenvalue weighted by molar-refractivity contribution is -0.146. The van der Waals surface area contributed by atoms with E-state index < -0.39 is 0 Å². The Morgan fingerprint density at radius 3 is 2.28 bits per heavy atom. The number of carbonyl (C=O) groups excluding carboxylic acids is 2. The van der Waals surface area contributed by atoms with E-state index in [9.17, 15) is 9.59 Å². The Morgan fingerprint density at radius 2 is 1.78 bits per heavy atom. The van der Waals surface area contributed by atoms with Crippen LogP contribution in [0.3, 0.4) is 0 Å². The first-order valence-corrected chi connectivity index (χ1v) is 6.92. The van der Waals surface area contributed by atoms with Crippen LogP contribution < -0.4 is 0 Å². The molecule has 0 N–H and O–H groups in total. The molecule has 0 aromatic carbocycles. The molecule has 0 saturated heterocycles. The summed E-state index contributed by atoms with van der Waals surface area (Å²) in [6.45, 7) is 7.17. The fraction of sp³-hybridized carbons (Fsp3) is 0.857. The summed E-state index contributed by atoms with van der Waals surface area (Å²) in [5.41, 5.74) is 0. The molecule has 1 unspecified atom stereocenters. The van der Waals surface area contributed by atoms with Crippen LogP contribution in [0.1, 0.15) is 52.9 Å². The van der Waals surface area contributed by atoms with Gasteiger partial charge < -0.3 is 9.64 Å². The Kier molecular flexibility index (Phi) is 9.33. The molecule has 0 fully saturated rings. The minimum Gasteiger partial charge on any atom is -0.469 e. The van der Waals surface area contributed by atoms with Crippen molar-refractivity contribution in [1.82, 2.24) is 4.90 Å². The van der Waals surface area contributed by atoms with Gasteiger partial charge in [0.1, 0.15) is 0 Å². The first kappa shape index (κ1) is 16.9. The molecule has 0 aliphatic carbocycles. The lowest BCUT2D eigenvalue weighted by Gasteiger charge is -2.25. The number of esters is 1. The number of hydrogen-bond acceptors (Lipinski definition) is 3. The Balaban J connectivity index is 4.37. The summed E-state index contributed by atoms with van der Waals surface area (Å²) in [6, 6.07) is 0. The maximum atomic E-state index is 12.0. The zero-order chi connectivity index (χ0) is 14.0. The largest absolute Gasteiger partial charge is 0.469 e. The molecule has 0 spiro atoms. The summed E-state index contributed by atoms with van der Waals surface area (Å²) < 4.78 is 4.70. The van der Waals surface area contributed by atoms with Crippen LogP contribution in [0.15, 0.2) is 0 Å². The van der Waals surface area contributed by atoms with Gasteiger partial charge in [-0.25, -0.2) is 0 Å². The fourth-order valence-electron chi connectivity index (χ4n) is 1.76. The van der Waals surface area contributed by atoms with Gasteiger partial charge in [0.15, 0.2) is 0 Å². The zero-order valence-corrected chi connectivity index (χ0v) is 12.2. The summed E-state index contributed by atoms with van der Waals surface area (Å²) in [5, 5.41) is 0. The van der Waals surface area contributed by atoms with E-state index in [0.717, 1.165) is 32.2 Å². The molecule has 18 heavy (non-hydrogen) atoms. The van der Waals surface area contributed by atoms with Gasteiger partial charge in [-0.3, -0.25) is 9.59 Å². The number of ether oxygens (including phenoxy) is 1. The van der Waals surface area contributed by atoms with Gasteiger partial charge in [-0.15, -0.1) is 0 Å². The van der Waals surface area contributed by atoms with Gasteiger partial charge in [-0.05, 0) is 12.8 Å². The average molecular weight is 257 g/mol. The second-order valence-electron chi connectivity index (χ2n) is 4.72. The SMILES string of the molecule is CCCCC(=O)N(CCCC)CC(C)C(=O)OC. The molecule has 0 aliphatic heterocycles. The van der Waals surface area contributed by atoms with Crippen molar-refractivity contribution in [2.45, 2.75) is 52.9 Å². The molecule has 0 bridgehead atoms. The van der Waals surface area contributed by atoms with E-state index in [-0.39, 0.29) is 17.8 Å². The predicted molar refractivity (Wildman–Crippen MR) is 72.2 cm³/mol. The molecule has 106 valence electrons. The molecular weight excluding hydrogens is 230 g/mol. The fourth-order valence-corrected chi connectivity index (χ4v) is 1.76. The van der Waals surface area contributed by atoms with E-state index in [1.54, 1.807) is 11.8 Å². The van der Waals surface area contributed by atoms with E-state index in [0.29, 0.717) is 13.0 Å². The molecule has 0 rings (SSSR count). The molecule has 0 aromatic heterocycles. The Labute approximate surface area is 111 Å². The molecule has 0 saturated carbocycles. The number of carbonyl (C=O) groups is 2. The van der Waals surface area contributed by atoms with E-state index in [4.69, 9.17) is 4.74 Å². The monoisotopic (exact) mass is 257 g/mol. The van der Waals surface area contributed by atoms with Crippen molar-refractivity contribution < 1.29 is 14.3 Å². The summed E-state index contributed by atoms with van der Waals surface area (Å²) in [7, 11) is 1.38. The highest BCUT2D eigenvalue weighted by Gasteiger charge is 2.20. The van der Waals surface area contributed by atoms with Crippen molar-refractivity contribution in [2.24, 2.45) is 5.92 Å². The molecule has 1 amide bonds. The van der Waals surface area contributed by atoms with Gasteiger partial charge in [0.25, 0.3) is 0 Å². The first-order valence-electron chi connectivity index (χ1n) is 6.92. The van der Waals surface area contributed by atoms with Crippen molar-refractivity contribution in [2.75, 3.05) is 20.2 Å². The summed E-state index contributed by atoms with van der Waals surface area (Å²) in [6.07, 6.45) is 4.53. The van der Waals surface area contributed by atoms with Gasteiger partial charge in [-0.2, -0.15) is 0 Å². The average Bonchev–Trinajstić information content (AvgIpc) is 2.39. The summed E-state index contributed by atoms with van der Waals surface area (Å²) in [4.78, 5) is 25.2. The van der Waals surface area contributed by atoms with Crippen molar-refractivity contribution >= 4 is 11.9 Å². The highest BCUT2D eigenvalue weighted by Crippen LogP contribution is 2.08. The Morgan fingerprint density at radius 1 is 1.17 bits per heavy atom. The van der Waals surface area contributed by atoms with Gasteiger partial charge in [0.2, 0.25) is 5.91 Å². The van der Waals surface area contributed by atoms with Gasteiger partial charge in [-0.1, -0.05) is 33.6 Å². The van der Waals surface area contributed by atoms with E-state index in [1.807, 2.05) is 0 Å². The van der Waals surface area contributed by atoms with Crippen molar-refractivity contribution in [3.05, 3.63) is 0 Å². The first-order chi connectivity index (χ1) is 8.56. The number of unbranched alkanes of at least 4 members (excludes halogenated alkanes) is 2. The van der Waals surface area contributed by atoms with E-state index >= 15 is 0 Å². The number of rotatable bonds is 9. The maximum Gasteiger partial charge on any atom is 0.310 e. The van der Waals surface area contributed by atoms with Gasteiger partial charge in [0.05, 0.1) is 13.0 Å². The molecule has 4 nitrogen and oxygen atoms in total. The number of nitrogens with zero attached hydrogens (tertiary/aromatic N) is 1. The molecule has 4 heteroatoms. The van der Waals surface area contributed by atoms with Crippen molar-refractivity contribution in [3.63, 3.8) is 0 Å². The molecule has 0 radical (unpaired) electrons. The smallest absolute Gasteiger partial charge is 0.310 e. The van der Waals surface area contributed by atoms with Crippen LogP contribution in [0.4, 0.5) is 0 Å². The highest BCUT2D eigenvalue weighted by molar-refractivity contribution is 5.77. The molecule has 1 atom stereocenters. The minimum absolute atomic E-state index is 0.154. The standard InChI is InChI=1S/C14H27NO3/c1-5-7-9-13(16)15(10-8-6-2)11-12(3)14(17)18-4/h12H,5-11H2,1-4H3. The van der Waals surface area contributed by atoms with Gasteiger partial charge in [0, 0.05) is 19.5 Å². The third kappa shape index (κ3) is 6.62.